The molecule has 0 unspecified atom stereocenters. The molecule has 0 spiro atoms. The highest BCUT2D eigenvalue weighted by molar-refractivity contribution is 5.89. The van der Waals surface area contributed by atoms with Gasteiger partial charge in [0.1, 0.15) is 11.6 Å². The van der Waals surface area contributed by atoms with Gasteiger partial charge in [0.25, 0.3) is 0 Å². The maximum atomic E-state index is 13.3. The third-order valence-electron chi connectivity index (χ3n) is 4.01. The summed E-state index contributed by atoms with van der Waals surface area (Å²) in [5, 5.41) is 8.06. The van der Waals surface area contributed by atoms with E-state index in [4.69, 9.17) is 4.74 Å². The summed E-state index contributed by atoms with van der Waals surface area (Å²) < 4.78 is 19.0. The lowest BCUT2D eigenvalue weighted by Crippen LogP contribution is -2.33. The number of pyridine rings is 1. The smallest absolute Gasteiger partial charge is 0.319 e. The molecule has 1 aromatic heterocycles. The number of ether oxygens (including phenoxy) is 1. The Morgan fingerprint density at radius 1 is 0.967 bits per heavy atom. The summed E-state index contributed by atoms with van der Waals surface area (Å²) in [5.41, 5.74) is 1.31. The third kappa shape index (κ3) is 6.59. The molecule has 0 radical (unpaired) electrons. The lowest BCUT2D eigenvalue weighted by atomic mass is 10.2. The molecule has 3 rings (SSSR count). The molecule has 7 nitrogen and oxygen atoms in total. The summed E-state index contributed by atoms with van der Waals surface area (Å²) in [7, 11) is 0. The molecule has 0 fully saturated rings. The fourth-order valence-corrected chi connectivity index (χ4v) is 2.56. The second-order valence-corrected chi connectivity index (χ2v) is 6.30. The fourth-order valence-electron chi connectivity index (χ4n) is 2.56. The Labute approximate surface area is 173 Å². The average Bonchev–Trinajstić information content (AvgIpc) is 2.74. The first-order chi connectivity index (χ1) is 14.6. The monoisotopic (exact) mass is 408 g/mol. The number of aromatic nitrogens is 1. The number of halogens is 1. The van der Waals surface area contributed by atoms with Gasteiger partial charge in [-0.3, -0.25) is 4.79 Å². The Bertz CT molecular complexity index is 998. The second kappa shape index (κ2) is 10.6. The van der Waals surface area contributed by atoms with Crippen molar-refractivity contribution >= 4 is 17.6 Å². The molecule has 0 aliphatic rings. The lowest BCUT2D eigenvalue weighted by molar-refractivity contribution is -0.121. The van der Waals surface area contributed by atoms with Crippen LogP contribution in [0.25, 0.3) is 0 Å². The van der Waals surface area contributed by atoms with Gasteiger partial charge in [0.2, 0.25) is 11.8 Å². The number of carbonyl (C=O) groups excluding carboxylic acids is 2. The van der Waals surface area contributed by atoms with Crippen molar-refractivity contribution in [3.8, 4) is 11.6 Å². The van der Waals surface area contributed by atoms with Gasteiger partial charge in [-0.15, -0.1) is 0 Å². The van der Waals surface area contributed by atoms with Crippen LogP contribution >= 0.6 is 0 Å². The van der Waals surface area contributed by atoms with E-state index in [1.807, 2.05) is 18.2 Å². The van der Waals surface area contributed by atoms with Gasteiger partial charge in [0, 0.05) is 43.0 Å². The highest BCUT2D eigenvalue weighted by Gasteiger charge is 2.09. The van der Waals surface area contributed by atoms with E-state index in [2.05, 4.69) is 20.9 Å². The zero-order chi connectivity index (χ0) is 21.2. The van der Waals surface area contributed by atoms with Crippen LogP contribution in [-0.4, -0.2) is 23.5 Å². The Balaban J connectivity index is 1.44. The van der Waals surface area contributed by atoms with Crippen molar-refractivity contribution < 1.29 is 18.7 Å². The van der Waals surface area contributed by atoms with Crippen molar-refractivity contribution in [2.45, 2.75) is 13.0 Å². The zero-order valence-corrected chi connectivity index (χ0v) is 16.1. The highest BCUT2D eigenvalue weighted by atomic mass is 19.1. The number of hydrogen-bond acceptors (Lipinski definition) is 4. The molecule has 0 aliphatic carbocycles. The molecule has 3 N–H and O–H groups in total. The molecule has 0 bridgehead atoms. The number of carbonyl (C=O) groups is 2. The summed E-state index contributed by atoms with van der Waals surface area (Å²) in [6.07, 6.45) is 1.66. The highest BCUT2D eigenvalue weighted by Crippen LogP contribution is 2.23. The zero-order valence-electron chi connectivity index (χ0n) is 16.1. The van der Waals surface area contributed by atoms with E-state index in [-0.39, 0.29) is 37.3 Å². The van der Waals surface area contributed by atoms with E-state index in [9.17, 15) is 14.0 Å². The lowest BCUT2D eigenvalue weighted by Gasteiger charge is -2.11. The number of para-hydroxylation sites is 1. The molecule has 2 aromatic carbocycles. The molecule has 3 aromatic rings. The number of benzene rings is 2. The number of hydrogen-bond donors (Lipinski definition) is 3. The molecule has 0 aliphatic heterocycles. The van der Waals surface area contributed by atoms with E-state index in [1.165, 1.54) is 18.2 Å². The van der Waals surface area contributed by atoms with Gasteiger partial charge >= 0.3 is 6.03 Å². The van der Waals surface area contributed by atoms with Crippen LogP contribution in [0.2, 0.25) is 0 Å². The number of nitrogens with zero attached hydrogens (tertiary/aromatic N) is 1. The first kappa shape index (κ1) is 20.8. The number of rotatable bonds is 8. The van der Waals surface area contributed by atoms with Gasteiger partial charge in [-0.1, -0.05) is 30.3 Å². The summed E-state index contributed by atoms with van der Waals surface area (Å²) in [5.74, 6) is -0.0590. The van der Waals surface area contributed by atoms with E-state index >= 15 is 0 Å². The van der Waals surface area contributed by atoms with Gasteiger partial charge in [0.15, 0.2) is 0 Å². The first-order valence-electron chi connectivity index (χ1n) is 9.34. The molecular weight excluding hydrogens is 387 g/mol. The predicted octanol–water partition coefficient (Wildman–Crippen LogP) is 3.84. The molecule has 0 saturated heterocycles. The van der Waals surface area contributed by atoms with Crippen molar-refractivity contribution in [1.82, 2.24) is 15.6 Å². The van der Waals surface area contributed by atoms with Crippen molar-refractivity contribution in [2.24, 2.45) is 0 Å². The Kier molecular flexibility index (Phi) is 7.32. The van der Waals surface area contributed by atoms with Gasteiger partial charge in [0.05, 0.1) is 0 Å². The third-order valence-corrected chi connectivity index (χ3v) is 4.01. The summed E-state index contributed by atoms with van der Waals surface area (Å²) in [6, 6.07) is 17.8. The standard InChI is InChI=1S/C22H21FN4O3/c23-17-7-4-10-19(14-17)30-21-16(6-5-12-24-21)15-26-20(28)11-13-25-22(29)27-18-8-2-1-3-9-18/h1-10,12,14H,11,13,15H2,(H,26,28)(H2,25,27,29). The van der Waals surface area contributed by atoms with Crippen LogP contribution in [0.4, 0.5) is 14.9 Å². The van der Waals surface area contributed by atoms with E-state index < -0.39 is 5.82 Å². The summed E-state index contributed by atoms with van der Waals surface area (Å²) in [6.45, 7) is 0.373. The molecule has 8 heteroatoms. The van der Waals surface area contributed by atoms with E-state index in [0.29, 0.717) is 17.0 Å². The number of nitrogens with one attached hydrogen (secondary N) is 3. The predicted molar refractivity (Wildman–Crippen MR) is 111 cm³/mol. The molecule has 0 saturated carbocycles. The molecule has 30 heavy (non-hydrogen) atoms. The summed E-state index contributed by atoms with van der Waals surface area (Å²) >= 11 is 0. The van der Waals surface area contributed by atoms with Crippen molar-refractivity contribution in [3.05, 3.63) is 84.3 Å². The van der Waals surface area contributed by atoms with Crippen molar-refractivity contribution in [2.75, 3.05) is 11.9 Å². The van der Waals surface area contributed by atoms with Crippen molar-refractivity contribution in [1.29, 1.82) is 0 Å². The van der Waals surface area contributed by atoms with Crippen LogP contribution in [0, 0.1) is 5.82 Å². The maximum Gasteiger partial charge on any atom is 0.319 e. The van der Waals surface area contributed by atoms with Gasteiger partial charge in [-0.25, -0.2) is 14.2 Å². The van der Waals surface area contributed by atoms with E-state index in [1.54, 1.807) is 36.5 Å². The maximum absolute atomic E-state index is 13.3. The normalized spacial score (nSPS) is 10.2. The van der Waals surface area contributed by atoms with Crippen LogP contribution in [-0.2, 0) is 11.3 Å². The van der Waals surface area contributed by atoms with Crippen LogP contribution in [0.3, 0.4) is 0 Å². The minimum Gasteiger partial charge on any atom is -0.439 e. The van der Waals surface area contributed by atoms with Gasteiger partial charge in [-0.05, 0) is 30.3 Å². The fraction of sp³-hybridized carbons (Fsp3) is 0.136. The topological polar surface area (TPSA) is 92.4 Å². The van der Waals surface area contributed by atoms with Crippen molar-refractivity contribution in [3.63, 3.8) is 0 Å². The first-order valence-corrected chi connectivity index (χ1v) is 9.34. The minimum absolute atomic E-state index is 0.114. The molecular formula is C22H21FN4O3. The Morgan fingerprint density at radius 3 is 2.60 bits per heavy atom. The Hall–Kier alpha value is -3.94. The number of amides is 3. The number of urea groups is 1. The SMILES string of the molecule is O=C(CCNC(=O)Nc1ccccc1)NCc1cccnc1Oc1cccc(F)c1. The molecule has 3 amide bonds. The molecule has 1 heterocycles. The number of anilines is 1. The van der Waals surface area contributed by atoms with Crippen LogP contribution in [0.5, 0.6) is 11.6 Å². The van der Waals surface area contributed by atoms with Gasteiger partial charge < -0.3 is 20.7 Å². The summed E-state index contributed by atoms with van der Waals surface area (Å²) in [4.78, 5) is 28.0. The molecule has 0 atom stereocenters. The quantitative estimate of drug-likeness (QED) is 0.528. The van der Waals surface area contributed by atoms with Gasteiger partial charge in [-0.2, -0.15) is 0 Å². The van der Waals surface area contributed by atoms with Crippen LogP contribution < -0.4 is 20.7 Å². The largest absolute Gasteiger partial charge is 0.439 e. The minimum atomic E-state index is -0.415. The average molecular weight is 408 g/mol. The van der Waals surface area contributed by atoms with Crippen LogP contribution in [0.1, 0.15) is 12.0 Å². The Morgan fingerprint density at radius 2 is 1.80 bits per heavy atom. The van der Waals surface area contributed by atoms with Crippen LogP contribution in [0.15, 0.2) is 72.9 Å². The van der Waals surface area contributed by atoms with E-state index in [0.717, 1.165) is 0 Å². The molecule has 154 valence electrons. The second-order valence-electron chi connectivity index (χ2n) is 6.30.